The van der Waals surface area contributed by atoms with Gasteiger partial charge in [0.25, 0.3) is 0 Å². The highest BCUT2D eigenvalue weighted by molar-refractivity contribution is 5.85. The molecule has 0 radical (unpaired) electrons. The maximum Gasteiger partial charge on any atom is 0.119 e. The molecule has 124 valence electrons. The third-order valence-corrected chi connectivity index (χ3v) is 4.40. The van der Waals surface area contributed by atoms with Crippen LogP contribution >= 0.6 is 0 Å². The zero-order chi connectivity index (χ0) is 16.9. The van der Waals surface area contributed by atoms with Crippen LogP contribution in [0.3, 0.4) is 0 Å². The lowest BCUT2D eigenvalue weighted by atomic mass is 9.89. The zero-order valence-corrected chi connectivity index (χ0v) is 13.6. The van der Waals surface area contributed by atoms with Crippen molar-refractivity contribution in [3.05, 3.63) is 65.9 Å². The second-order valence-electron chi connectivity index (χ2n) is 5.95. The minimum absolute atomic E-state index is 0.0109. The quantitative estimate of drug-likeness (QED) is 0.727. The molecule has 0 spiro atoms. The number of carbonyl (C=O) groups is 1. The van der Waals surface area contributed by atoms with Crippen molar-refractivity contribution in [1.82, 2.24) is 4.98 Å². The Hall–Kier alpha value is -2.75. The molecule has 0 aliphatic heterocycles. The van der Waals surface area contributed by atoms with Gasteiger partial charge in [0.1, 0.15) is 5.75 Å². The fourth-order valence-corrected chi connectivity index (χ4v) is 3.14. The van der Waals surface area contributed by atoms with Crippen LogP contribution in [-0.4, -0.2) is 18.1 Å². The number of carboxylic acid groups (broad SMARTS) is 1. The maximum atomic E-state index is 11.2. The highest BCUT2D eigenvalue weighted by atomic mass is 16.5. The van der Waals surface area contributed by atoms with E-state index in [1.165, 1.54) is 5.56 Å². The number of benzene rings is 2. The molecule has 0 aliphatic carbocycles. The number of carboxylic acids is 1. The Labute approximate surface area is 141 Å². The lowest BCUT2D eigenvalue weighted by molar-refractivity contribution is -0.306. The van der Waals surface area contributed by atoms with E-state index in [4.69, 9.17) is 4.74 Å². The molecule has 2 aromatic carbocycles. The molecule has 1 atom stereocenters. The Bertz CT molecular complexity index is 823. The molecule has 0 saturated carbocycles. The maximum absolute atomic E-state index is 11.2. The van der Waals surface area contributed by atoms with Gasteiger partial charge in [-0.15, -0.1) is 0 Å². The number of hydrogen-bond donors (Lipinski definition) is 1. The van der Waals surface area contributed by atoms with E-state index in [-0.39, 0.29) is 12.3 Å². The third-order valence-electron chi connectivity index (χ3n) is 4.40. The van der Waals surface area contributed by atoms with Gasteiger partial charge in [-0.05, 0) is 54.5 Å². The van der Waals surface area contributed by atoms with Crippen LogP contribution in [0.15, 0.2) is 54.7 Å². The van der Waals surface area contributed by atoms with E-state index in [0.717, 1.165) is 35.1 Å². The second-order valence-corrected chi connectivity index (χ2v) is 5.95. The highest BCUT2D eigenvalue weighted by Crippen LogP contribution is 2.33. The van der Waals surface area contributed by atoms with E-state index < -0.39 is 5.97 Å². The molecule has 0 fully saturated rings. The smallest absolute Gasteiger partial charge is 0.119 e. The van der Waals surface area contributed by atoms with Gasteiger partial charge >= 0.3 is 0 Å². The number of nitrogens with one attached hydrogen (secondary N) is 1. The van der Waals surface area contributed by atoms with Crippen LogP contribution in [0.25, 0.3) is 10.9 Å². The van der Waals surface area contributed by atoms with Crippen LogP contribution < -0.4 is 9.84 Å². The predicted molar refractivity (Wildman–Crippen MR) is 92.0 cm³/mol. The number of H-pyrrole nitrogens is 1. The predicted octanol–water partition coefficient (Wildman–Crippen LogP) is 3.03. The molecule has 3 aromatic rings. The molecular formula is C20H20NO3-. The van der Waals surface area contributed by atoms with E-state index in [0.29, 0.717) is 0 Å². The number of methoxy groups -OCH3 is 1. The first-order valence-corrected chi connectivity index (χ1v) is 8.06. The van der Waals surface area contributed by atoms with Gasteiger partial charge in [0.2, 0.25) is 0 Å². The van der Waals surface area contributed by atoms with E-state index in [9.17, 15) is 9.90 Å². The van der Waals surface area contributed by atoms with Gasteiger partial charge in [-0.3, -0.25) is 0 Å². The normalized spacial score (nSPS) is 12.2. The number of carbonyl (C=O) groups excluding carboxylic acids is 1. The van der Waals surface area contributed by atoms with Gasteiger partial charge in [0.05, 0.1) is 7.11 Å². The van der Waals surface area contributed by atoms with Crippen LogP contribution in [0.1, 0.15) is 29.9 Å². The number of aryl methyl sites for hydroxylation is 1. The molecular weight excluding hydrogens is 302 g/mol. The Balaban J connectivity index is 1.89. The van der Waals surface area contributed by atoms with Gasteiger partial charge in [-0.2, -0.15) is 0 Å². The van der Waals surface area contributed by atoms with Crippen LogP contribution in [0.4, 0.5) is 0 Å². The molecule has 24 heavy (non-hydrogen) atoms. The molecule has 1 N–H and O–H groups in total. The van der Waals surface area contributed by atoms with Gasteiger partial charge in [0.15, 0.2) is 0 Å². The van der Waals surface area contributed by atoms with Gasteiger partial charge in [-0.25, -0.2) is 0 Å². The molecule has 0 aliphatic rings. The number of aromatic nitrogens is 1. The summed E-state index contributed by atoms with van der Waals surface area (Å²) in [6.07, 6.45) is 3.50. The van der Waals surface area contributed by atoms with Crippen molar-refractivity contribution in [2.45, 2.75) is 25.2 Å². The van der Waals surface area contributed by atoms with Crippen LogP contribution in [0, 0.1) is 0 Å². The molecule has 0 saturated heterocycles. The number of fused-ring (bicyclic) bond motifs is 1. The Morgan fingerprint density at radius 2 is 2.00 bits per heavy atom. The molecule has 4 heteroatoms. The number of aliphatic carboxylic acids is 1. The summed E-state index contributed by atoms with van der Waals surface area (Å²) in [6.45, 7) is 0. The van der Waals surface area contributed by atoms with Crippen molar-refractivity contribution in [1.29, 1.82) is 0 Å². The summed E-state index contributed by atoms with van der Waals surface area (Å²) in [4.78, 5) is 14.5. The van der Waals surface area contributed by atoms with Crippen LogP contribution in [0.2, 0.25) is 0 Å². The summed E-state index contributed by atoms with van der Waals surface area (Å²) in [5.74, 6) is -0.361. The van der Waals surface area contributed by atoms with E-state index in [2.05, 4.69) is 17.1 Å². The largest absolute Gasteiger partial charge is 0.550 e. The fraction of sp³-hybridized carbons (Fsp3) is 0.250. The van der Waals surface area contributed by atoms with E-state index in [1.807, 2.05) is 42.6 Å². The van der Waals surface area contributed by atoms with Gasteiger partial charge in [0, 0.05) is 23.1 Å². The molecule has 0 bridgehead atoms. The van der Waals surface area contributed by atoms with Gasteiger partial charge in [-0.1, -0.05) is 30.3 Å². The third kappa shape index (κ3) is 3.59. The average molecular weight is 322 g/mol. The van der Waals surface area contributed by atoms with Crippen molar-refractivity contribution in [3.63, 3.8) is 0 Å². The number of hydrogen-bond acceptors (Lipinski definition) is 3. The Morgan fingerprint density at radius 3 is 2.71 bits per heavy atom. The Morgan fingerprint density at radius 1 is 1.21 bits per heavy atom. The molecule has 4 nitrogen and oxygen atoms in total. The lowest BCUT2D eigenvalue weighted by Gasteiger charge is -2.17. The molecule has 0 amide bonds. The molecule has 1 heterocycles. The van der Waals surface area contributed by atoms with Crippen molar-refractivity contribution in [2.75, 3.05) is 7.11 Å². The first kappa shape index (κ1) is 16.1. The topological polar surface area (TPSA) is 65.2 Å². The summed E-state index contributed by atoms with van der Waals surface area (Å²) < 4.78 is 5.29. The van der Waals surface area contributed by atoms with Crippen molar-refractivity contribution in [3.8, 4) is 5.75 Å². The van der Waals surface area contributed by atoms with Crippen molar-refractivity contribution >= 4 is 16.9 Å². The van der Waals surface area contributed by atoms with Crippen LogP contribution in [0.5, 0.6) is 5.75 Å². The van der Waals surface area contributed by atoms with Gasteiger partial charge < -0.3 is 19.6 Å². The fourth-order valence-electron chi connectivity index (χ4n) is 3.14. The molecule has 3 rings (SSSR count). The minimum atomic E-state index is -1.02. The van der Waals surface area contributed by atoms with E-state index >= 15 is 0 Å². The highest BCUT2D eigenvalue weighted by Gasteiger charge is 2.17. The standard InChI is InChI=1S/C20H21NO3/c1-24-16-9-10-19-17(12-16)18(13-21-19)15(11-20(22)23)8-7-14-5-3-2-4-6-14/h2-6,9-10,12-13,15,21H,7-8,11H2,1H3,(H,22,23)/p-1/t15-/m1/s1. The monoisotopic (exact) mass is 322 g/mol. The molecule has 1 aromatic heterocycles. The summed E-state index contributed by atoms with van der Waals surface area (Å²) in [5.41, 5.74) is 3.19. The van der Waals surface area contributed by atoms with E-state index in [1.54, 1.807) is 7.11 Å². The minimum Gasteiger partial charge on any atom is -0.550 e. The number of ether oxygens (including phenoxy) is 1. The first-order chi connectivity index (χ1) is 11.7. The summed E-state index contributed by atoms with van der Waals surface area (Å²) in [5, 5.41) is 12.2. The summed E-state index contributed by atoms with van der Waals surface area (Å²) >= 11 is 0. The van der Waals surface area contributed by atoms with Crippen LogP contribution in [-0.2, 0) is 11.2 Å². The number of aromatic amines is 1. The average Bonchev–Trinajstić information content (AvgIpc) is 3.02. The van der Waals surface area contributed by atoms with Crippen molar-refractivity contribution < 1.29 is 14.6 Å². The zero-order valence-electron chi connectivity index (χ0n) is 13.6. The summed E-state index contributed by atoms with van der Waals surface area (Å²) in [6, 6.07) is 15.9. The Kier molecular flexibility index (Phi) is 4.85. The second kappa shape index (κ2) is 7.21. The number of rotatable bonds is 7. The lowest BCUT2D eigenvalue weighted by Crippen LogP contribution is -2.24. The SMILES string of the molecule is COc1ccc2[nH]cc([C@H](CCc3ccccc3)CC(=O)[O-])c2c1. The first-order valence-electron chi connectivity index (χ1n) is 8.06. The van der Waals surface area contributed by atoms with Crippen molar-refractivity contribution in [2.24, 2.45) is 0 Å². The molecule has 0 unspecified atom stereocenters. The summed E-state index contributed by atoms with van der Waals surface area (Å²) in [7, 11) is 1.63.